The Morgan fingerprint density at radius 3 is 2.84 bits per heavy atom. The van der Waals surface area contributed by atoms with E-state index in [-0.39, 0.29) is 11.9 Å². The molecule has 0 saturated carbocycles. The Morgan fingerprint density at radius 2 is 2.26 bits per heavy atom. The van der Waals surface area contributed by atoms with Gasteiger partial charge in [0.1, 0.15) is 17.7 Å². The molecular weight excluding hydrogens is 247 g/mol. The first-order chi connectivity index (χ1) is 9.20. The van der Waals surface area contributed by atoms with Crippen molar-refractivity contribution in [1.82, 2.24) is 10.3 Å². The summed E-state index contributed by atoms with van der Waals surface area (Å²) in [5, 5.41) is 13.1. The average Bonchev–Trinajstić information content (AvgIpc) is 2.95. The maximum atomic E-state index is 12.8. The van der Waals surface area contributed by atoms with E-state index in [1.54, 1.807) is 18.2 Å². The van der Waals surface area contributed by atoms with Crippen molar-refractivity contribution < 1.29 is 13.9 Å². The van der Waals surface area contributed by atoms with Gasteiger partial charge in [-0.25, -0.2) is 4.39 Å². The zero-order chi connectivity index (χ0) is 13.7. The minimum atomic E-state index is -0.704. The topological polar surface area (TPSA) is 58.3 Å². The summed E-state index contributed by atoms with van der Waals surface area (Å²) in [6.45, 7) is 2.35. The predicted octanol–water partition coefficient (Wildman–Crippen LogP) is 2.59. The molecule has 0 spiro atoms. The number of aromatic nitrogens is 1. The quantitative estimate of drug-likeness (QED) is 0.842. The first kappa shape index (κ1) is 13.7. The number of hydrogen-bond acceptors (Lipinski definition) is 4. The normalized spacial score (nSPS) is 14.3. The summed E-state index contributed by atoms with van der Waals surface area (Å²) in [5.74, 6) is 0.170. The van der Waals surface area contributed by atoms with Gasteiger partial charge in [0.15, 0.2) is 0 Å². The summed E-state index contributed by atoms with van der Waals surface area (Å²) < 4.78 is 17.9. The molecule has 0 aliphatic rings. The second kappa shape index (κ2) is 6.45. The Labute approximate surface area is 111 Å². The van der Waals surface area contributed by atoms with Crippen LogP contribution in [0.5, 0.6) is 0 Å². The molecule has 2 aromatic rings. The zero-order valence-electron chi connectivity index (χ0n) is 10.7. The average molecular weight is 264 g/mol. The van der Waals surface area contributed by atoms with Crippen molar-refractivity contribution in [3.63, 3.8) is 0 Å². The van der Waals surface area contributed by atoms with Gasteiger partial charge < -0.3 is 14.8 Å². The van der Waals surface area contributed by atoms with Gasteiger partial charge >= 0.3 is 0 Å². The molecule has 0 aliphatic carbocycles. The zero-order valence-corrected chi connectivity index (χ0v) is 10.7. The van der Waals surface area contributed by atoms with Crippen LogP contribution in [-0.4, -0.2) is 16.6 Å². The third kappa shape index (κ3) is 3.62. The lowest BCUT2D eigenvalue weighted by atomic mass is 10.1. The Bertz CT molecular complexity index is 485. The molecule has 5 heteroatoms. The van der Waals surface area contributed by atoms with E-state index in [0.29, 0.717) is 12.3 Å². The molecule has 2 aromatic heterocycles. The second-order valence-corrected chi connectivity index (χ2v) is 4.30. The van der Waals surface area contributed by atoms with Crippen molar-refractivity contribution in [2.75, 3.05) is 6.54 Å². The number of halogens is 1. The highest BCUT2D eigenvalue weighted by Crippen LogP contribution is 2.17. The van der Waals surface area contributed by atoms with Gasteiger partial charge in [0.2, 0.25) is 0 Å². The van der Waals surface area contributed by atoms with Crippen LogP contribution in [0.1, 0.15) is 36.9 Å². The number of aliphatic hydroxyl groups excluding tert-OH is 1. The Balaban J connectivity index is 1.94. The van der Waals surface area contributed by atoms with Crippen molar-refractivity contribution in [2.24, 2.45) is 0 Å². The van der Waals surface area contributed by atoms with Crippen molar-refractivity contribution in [2.45, 2.75) is 25.5 Å². The van der Waals surface area contributed by atoms with Crippen molar-refractivity contribution >= 4 is 0 Å². The van der Waals surface area contributed by atoms with Gasteiger partial charge in [-0.3, -0.25) is 4.98 Å². The van der Waals surface area contributed by atoms with Gasteiger partial charge in [-0.15, -0.1) is 0 Å². The highest BCUT2D eigenvalue weighted by Gasteiger charge is 2.15. The van der Waals surface area contributed by atoms with E-state index in [2.05, 4.69) is 10.3 Å². The fourth-order valence-corrected chi connectivity index (χ4v) is 1.89. The highest BCUT2D eigenvalue weighted by atomic mass is 19.1. The van der Waals surface area contributed by atoms with E-state index >= 15 is 0 Å². The second-order valence-electron chi connectivity index (χ2n) is 4.30. The summed E-state index contributed by atoms with van der Waals surface area (Å²) in [4.78, 5) is 4.05. The lowest BCUT2D eigenvalue weighted by Crippen LogP contribution is -2.26. The van der Waals surface area contributed by atoms with Crippen LogP contribution in [-0.2, 0) is 0 Å². The molecule has 0 amide bonds. The number of rotatable bonds is 6. The van der Waals surface area contributed by atoms with E-state index in [1.807, 2.05) is 6.92 Å². The van der Waals surface area contributed by atoms with Gasteiger partial charge in [0, 0.05) is 12.6 Å². The standard InChI is InChI=1S/C14H17FN2O2/c1-2-11(12-6-5-10(15)8-16-12)17-9-13(18)14-4-3-7-19-14/h3-8,11,13,17-18H,2,9H2,1H3. The number of pyridine rings is 1. The van der Waals surface area contributed by atoms with Crippen LogP contribution in [0.25, 0.3) is 0 Å². The molecular formula is C14H17FN2O2. The fourth-order valence-electron chi connectivity index (χ4n) is 1.89. The van der Waals surface area contributed by atoms with Crippen LogP contribution < -0.4 is 5.32 Å². The van der Waals surface area contributed by atoms with E-state index in [1.165, 1.54) is 18.5 Å². The Kier molecular flexibility index (Phi) is 4.65. The monoisotopic (exact) mass is 264 g/mol. The summed E-state index contributed by atoms with van der Waals surface area (Å²) in [5.41, 5.74) is 0.760. The van der Waals surface area contributed by atoms with Crippen LogP contribution in [0.15, 0.2) is 41.1 Å². The van der Waals surface area contributed by atoms with Gasteiger partial charge in [-0.2, -0.15) is 0 Å². The third-order valence-corrected chi connectivity index (χ3v) is 2.94. The highest BCUT2D eigenvalue weighted by molar-refractivity contribution is 5.10. The summed E-state index contributed by atoms with van der Waals surface area (Å²) in [6, 6.07) is 6.47. The molecule has 0 saturated heterocycles. The number of hydrogen-bond donors (Lipinski definition) is 2. The lowest BCUT2D eigenvalue weighted by Gasteiger charge is -2.18. The Hall–Kier alpha value is -1.72. The van der Waals surface area contributed by atoms with Gasteiger partial charge in [0.25, 0.3) is 0 Å². The molecule has 2 unspecified atom stereocenters. The van der Waals surface area contributed by atoms with Crippen molar-refractivity contribution in [1.29, 1.82) is 0 Å². The molecule has 2 N–H and O–H groups in total. The summed E-state index contributed by atoms with van der Waals surface area (Å²) >= 11 is 0. The van der Waals surface area contributed by atoms with E-state index in [4.69, 9.17) is 4.42 Å². The molecule has 19 heavy (non-hydrogen) atoms. The largest absolute Gasteiger partial charge is 0.467 e. The number of aliphatic hydroxyl groups is 1. The maximum absolute atomic E-state index is 12.8. The van der Waals surface area contributed by atoms with Crippen LogP contribution in [0, 0.1) is 5.82 Å². The van der Waals surface area contributed by atoms with Crippen LogP contribution in [0.3, 0.4) is 0 Å². The smallest absolute Gasteiger partial charge is 0.141 e. The molecule has 4 nitrogen and oxygen atoms in total. The van der Waals surface area contributed by atoms with Crippen LogP contribution >= 0.6 is 0 Å². The minimum absolute atomic E-state index is 0.0230. The van der Waals surface area contributed by atoms with Gasteiger partial charge in [-0.1, -0.05) is 6.92 Å². The van der Waals surface area contributed by atoms with E-state index in [9.17, 15) is 9.50 Å². The molecule has 2 heterocycles. The van der Waals surface area contributed by atoms with Gasteiger partial charge in [-0.05, 0) is 30.7 Å². The number of nitrogens with one attached hydrogen (secondary N) is 1. The SMILES string of the molecule is CCC(NCC(O)c1ccco1)c1ccc(F)cn1. The molecule has 0 aromatic carbocycles. The van der Waals surface area contributed by atoms with Crippen molar-refractivity contribution in [3.8, 4) is 0 Å². The molecule has 0 bridgehead atoms. The van der Waals surface area contributed by atoms with Crippen LogP contribution in [0.2, 0.25) is 0 Å². The third-order valence-electron chi connectivity index (χ3n) is 2.94. The lowest BCUT2D eigenvalue weighted by molar-refractivity contribution is 0.143. The van der Waals surface area contributed by atoms with Crippen LogP contribution in [0.4, 0.5) is 4.39 Å². The van der Waals surface area contributed by atoms with E-state index in [0.717, 1.165) is 12.1 Å². The first-order valence-electron chi connectivity index (χ1n) is 6.27. The molecule has 102 valence electrons. The predicted molar refractivity (Wildman–Crippen MR) is 68.9 cm³/mol. The molecule has 0 radical (unpaired) electrons. The molecule has 2 rings (SSSR count). The Morgan fingerprint density at radius 1 is 1.42 bits per heavy atom. The number of furan rings is 1. The summed E-state index contributed by atoms with van der Waals surface area (Å²) in [6.07, 6.45) is 2.81. The fraction of sp³-hybridized carbons (Fsp3) is 0.357. The van der Waals surface area contributed by atoms with Gasteiger partial charge in [0.05, 0.1) is 18.2 Å². The first-order valence-corrected chi connectivity index (χ1v) is 6.27. The molecule has 0 fully saturated rings. The summed E-state index contributed by atoms with van der Waals surface area (Å²) in [7, 11) is 0. The maximum Gasteiger partial charge on any atom is 0.141 e. The minimum Gasteiger partial charge on any atom is -0.467 e. The van der Waals surface area contributed by atoms with Crippen molar-refractivity contribution in [3.05, 3.63) is 54.0 Å². The van der Waals surface area contributed by atoms with E-state index < -0.39 is 6.10 Å². The molecule has 2 atom stereocenters. The molecule has 0 aliphatic heterocycles. The number of nitrogens with zero attached hydrogens (tertiary/aromatic N) is 1.